The number of carbonyl (C=O) groups excluding carboxylic acids is 1. The molecule has 5 nitrogen and oxygen atoms in total. The van der Waals surface area contributed by atoms with Crippen LogP contribution in [0.25, 0.3) is 4.85 Å². The van der Waals surface area contributed by atoms with Crippen molar-refractivity contribution >= 4 is 15.8 Å². The summed E-state index contributed by atoms with van der Waals surface area (Å²) in [5.41, 5.74) is 0.441. The Morgan fingerprint density at radius 2 is 1.81 bits per heavy atom. The lowest BCUT2D eigenvalue weighted by Crippen LogP contribution is -2.26. The van der Waals surface area contributed by atoms with Gasteiger partial charge in [0.05, 0.1) is 16.9 Å². The van der Waals surface area contributed by atoms with Crippen LogP contribution in [0.3, 0.4) is 0 Å². The van der Waals surface area contributed by atoms with Crippen LogP contribution < -0.4 is 0 Å². The molecule has 1 unspecified atom stereocenters. The van der Waals surface area contributed by atoms with E-state index in [9.17, 15) is 13.2 Å². The van der Waals surface area contributed by atoms with Crippen LogP contribution in [0.2, 0.25) is 0 Å². The third-order valence-electron chi connectivity index (χ3n) is 4.43. The number of hydrogen-bond donors (Lipinski definition) is 0. The van der Waals surface area contributed by atoms with E-state index in [-0.39, 0.29) is 10.9 Å². The number of rotatable bonds is 10. The Balaban J connectivity index is 2.54. The maximum atomic E-state index is 12.6. The molecular weight excluding hydrogens is 350 g/mol. The lowest BCUT2D eigenvalue weighted by atomic mass is 9.87. The zero-order valence-electron chi connectivity index (χ0n) is 16.1. The van der Waals surface area contributed by atoms with E-state index in [0.717, 1.165) is 18.4 Å². The minimum atomic E-state index is -3.63. The van der Waals surface area contributed by atoms with Crippen molar-refractivity contribution in [2.75, 3.05) is 6.61 Å². The maximum absolute atomic E-state index is 12.6. The van der Waals surface area contributed by atoms with Crippen LogP contribution in [0.15, 0.2) is 29.2 Å². The highest BCUT2D eigenvalue weighted by Gasteiger charge is 2.32. The molecule has 0 bridgehead atoms. The average molecular weight is 380 g/mol. The normalized spacial score (nSPS) is 13.0. The predicted octanol–water partition coefficient (Wildman–Crippen LogP) is 4.55. The summed E-state index contributed by atoms with van der Waals surface area (Å²) < 4.78 is 30.2. The first-order valence-electron chi connectivity index (χ1n) is 8.99. The first kappa shape index (κ1) is 22.2. The summed E-state index contributed by atoms with van der Waals surface area (Å²) in [6, 6.07) is 6.60. The lowest BCUT2D eigenvalue weighted by Gasteiger charge is -2.21. The average Bonchev–Trinajstić information content (AvgIpc) is 2.58. The van der Waals surface area contributed by atoms with Crippen LogP contribution in [0.4, 0.5) is 0 Å². The van der Waals surface area contributed by atoms with E-state index in [0.29, 0.717) is 25.9 Å². The maximum Gasteiger partial charge on any atom is 0.325 e. The molecule has 0 aliphatic carbocycles. The fraction of sp³-hybridized carbons (Fsp3) is 0.600. The standard InChI is InChI=1S/C20H29NO4S/c1-6-25-19(22)20(3,4)15-9-7-8-10-18(21-5)26(23,24)17-13-11-16(2)12-14-17/h11-14,18H,6-10,15H2,1-4H3. The lowest BCUT2D eigenvalue weighted by molar-refractivity contribution is -0.153. The molecule has 0 N–H and O–H groups in total. The number of hydrogen-bond acceptors (Lipinski definition) is 4. The second kappa shape index (κ2) is 9.72. The molecule has 0 fully saturated rings. The van der Waals surface area contributed by atoms with Crippen molar-refractivity contribution in [2.24, 2.45) is 5.41 Å². The van der Waals surface area contributed by atoms with Gasteiger partial charge in [0, 0.05) is 6.42 Å². The molecule has 0 aromatic heterocycles. The van der Waals surface area contributed by atoms with Gasteiger partial charge in [0.2, 0.25) is 0 Å². The summed E-state index contributed by atoms with van der Waals surface area (Å²) in [6.45, 7) is 15.0. The number of carbonyl (C=O) groups is 1. The smallest absolute Gasteiger partial charge is 0.325 e. The molecule has 0 radical (unpaired) electrons. The monoisotopic (exact) mass is 379 g/mol. The van der Waals surface area contributed by atoms with Crippen LogP contribution in [-0.2, 0) is 19.4 Å². The molecule has 144 valence electrons. The van der Waals surface area contributed by atoms with E-state index in [4.69, 9.17) is 11.3 Å². The first-order chi connectivity index (χ1) is 12.1. The Bertz CT molecular complexity index is 730. The van der Waals surface area contributed by atoms with Crippen molar-refractivity contribution in [3.8, 4) is 0 Å². The van der Waals surface area contributed by atoms with E-state index in [1.807, 2.05) is 20.8 Å². The molecule has 1 aromatic rings. The van der Waals surface area contributed by atoms with Crippen LogP contribution in [-0.4, -0.2) is 26.4 Å². The van der Waals surface area contributed by atoms with Crippen molar-refractivity contribution < 1.29 is 17.9 Å². The molecule has 1 aromatic carbocycles. The molecule has 26 heavy (non-hydrogen) atoms. The van der Waals surface area contributed by atoms with Gasteiger partial charge >= 0.3 is 11.3 Å². The quantitative estimate of drug-likeness (QED) is 0.340. The first-order valence-corrected chi connectivity index (χ1v) is 10.5. The van der Waals surface area contributed by atoms with Crippen LogP contribution in [0.1, 0.15) is 58.4 Å². The van der Waals surface area contributed by atoms with E-state index in [1.54, 1.807) is 31.2 Å². The van der Waals surface area contributed by atoms with Crippen LogP contribution >= 0.6 is 0 Å². The number of benzene rings is 1. The molecule has 0 saturated heterocycles. The Kier molecular flexibility index (Phi) is 8.29. The minimum absolute atomic E-state index is 0.201. The van der Waals surface area contributed by atoms with Gasteiger partial charge in [0.25, 0.3) is 9.84 Å². The largest absolute Gasteiger partial charge is 0.466 e. The van der Waals surface area contributed by atoms with Crippen LogP contribution in [0.5, 0.6) is 0 Å². The molecule has 6 heteroatoms. The Morgan fingerprint density at radius 3 is 2.35 bits per heavy atom. The molecule has 0 spiro atoms. The number of esters is 1. The Morgan fingerprint density at radius 1 is 1.19 bits per heavy atom. The van der Waals surface area contributed by atoms with Crippen molar-refractivity contribution in [1.82, 2.24) is 0 Å². The highest BCUT2D eigenvalue weighted by Crippen LogP contribution is 2.27. The summed E-state index contributed by atoms with van der Waals surface area (Å²) in [4.78, 5) is 15.4. The predicted molar refractivity (Wildman–Crippen MR) is 102 cm³/mol. The molecule has 1 atom stereocenters. The zero-order chi connectivity index (χ0) is 19.8. The second-order valence-electron chi connectivity index (χ2n) is 7.15. The van der Waals surface area contributed by atoms with Crippen LogP contribution in [0, 0.1) is 18.9 Å². The van der Waals surface area contributed by atoms with Crippen molar-refractivity contribution in [1.29, 1.82) is 0 Å². The molecule has 1 rings (SSSR count). The summed E-state index contributed by atoms with van der Waals surface area (Å²) in [5, 5.41) is -1.05. The van der Waals surface area contributed by atoms with Crippen molar-refractivity contribution in [3.05, 3.63) is 41.2 Å². The fourth-order valence-corrected chi connectivity index (χ4v) is 4.11. The van der Waals surface area contributed by atoms with E-state index >= 15 is 0 Å². The van der Waals surface area contributed by atoms with Gasteiger partial charge in [-0.3, -0.25) is 9.64 Å². The Hall–Kier alpha value is -1.87. The van der Waals surface area contributed by atoms with Gasteiger partial charge in [-0.15, -0.1) is 0 Å². The summed E-state index contributed by atoms with van der Waals surface area (Å²) >= 11 is 0. The van der Waals surface area contributed by atoms with E-state index in [1.165, 1.54) is 0 Å². The van der Waals surface area contributed by atoms with Gasteiger partial charge in [0.1, 0.15) is 0 Å². The third-order valence-corrected chi connectivity index (χ3v) is 6.42. The molecule has 0 saturated carbocycles. The number of nitrogens with zero attached hydrogens (tertiary/aromatic N) is 1. The van der Waals surface area contributed by atoms with Gasteiger partial charge in [-0.2, -0.15) is 0 Å². The van der Waals surface area contributed by atoms with Crippen molar-refractivity contribution in [2.45, 2.75) is 70.1 Å². The topological polar surface area (TPSA) is 64.8 Å². The summed E-state index contributed by atoms with van der Waals surface area (Å²) in [5.74, 6) is -0.207. The second-order valence-corrected chi connectivity index (χ2v) is 9.25. The van der Waals surface area contributed by atoms with Gasteiger partial charge in [-0.25, -0.2) is 15.0 Å². The summed E-state index contributed by atoms with van der Waals surface area (Å²) in [6.07, 6.45) is 3.19. The SMILES string of the molecule is [C-]#[N+]C(CCCCCC(C)(C)C(=O)OCC)S(=O)(=O)c1ccc(C)cc1. The molecule has 0 amide bonds. The molecule has 0 aliphatic heterocycles. The Labute approximate surface area is 157 Å². The molecule has 0 heterocycles. The fourth-order valence-electron chi connectivity index (χ4n) is 2.67. The highest BCUT2D eigenvalue weighted by atomic mass is 32.2. The number of unbranched alkanes of at least 4 members (excludes halogenated alkanes) is 2. The van der Waals surface area contributed by atoms with E-state index in [2.05, 4.69) is 4.85 Å². The third kappa shape index (κ3) is 6.14. The van der Waals surface area contributed by atoms with Gasteiger partial charge in [-0.05, 0) is 52.7 Å². The van der Waals surface area contributed by atoms with Gasteiger partial charge < -0.3 is 4.74 Å². The zero-order valence-corrected chi connectivity index (χ0v) is 16.9. The number of sulfone groups is 1. The molecular formula is C20H29NO4S. The number of aryl methyl sites for hydroxylation is 1. The van der Waals surface area contributed by atoms with Gasteiger partial charge in [0.15, 0.2) is 0 Å². The van der Waals surface area contributed by atoms with Gasteiger partial charge in [-0.1, -0.05) is 30.5 Å². The summed E-state index contributed by atoms with van der Waals surface area (Å²) in [7, 11) is -3.63. The van der Waals surface area contributed by atoms with Crippen molar-refractivity contribution in [3.63, 3.8) is 0 Å². The molecule has 0 aliphatic rings. The highest BCUT2D eigenvalue weighted by molar-refractivity contribution is 7.92. The number of ether oxygens (including phenoxy) is 1. The minimum Gasteiger partial charge on any atom is -0.466 e. The van der Waals surface area contributed by atoms with E-state index < -0.39 is 20.6 Å².